The summed E-state index contributed by atoms with van der Waals surface area (Å²) in [5.41, 5.74) is 9.57. The first-order valence-corrected chi connectivity index (χ1v) is 9.39. The molecule has 0 atom stereocenters. The van der Waals surface area contributed by atoms with Crippen molar-refractivity contribution in [3.05, 3.63) is 42.9 Å². The Morgan fingerprint density at radius 1 is 1.11 bits per heavy atom. The molecule has 0 saturated carbocycles. The number of nitrogens with two attached hydrogens (primary N) is 1. The summed E-state index contributed by atoms with van der Waals surface area (Å²) < 4.78 is 7.86. The number of piperidine rings is 1. The van der Waals surface area contributed by atoms with Crippen LogP contribution in [-0.2, 0) is 0 Å². The molecule has 3 aromatic heterocycles. The van der Waals surface area contributed by atoms with Crippen LogP contribution in [0, 0.1) is 0 Å². The van der Waals surface area contributed by atoms with Crippen molar-refractivity contribution in [1.82, 2.24) is 29.6 Å². The Kier molecular flexibility index (Phi) is 4.05. The van der Waals surface area contributed by atoms with Gasteiger partial charge < -0.3 is 15.1 Å². The van der Waals surface area contributed by atoms with E-state index < -0.39 is 0 Å². The lowest BCUT2D eigenvalue weighted by molar-refractivity contribution is 0.212. The number of nitrogen functional groups attached to an aromatic ring is 1. The van der Waals surface area contributed by atoms with Crippen LogP contribution in [0.1, 0.15) is 18.9 Å². The van der Waals surface area contributed by atoms with Crippen molar-refractivity contribution in [3.63, 3.8) is 0 Å². The zero-order valence-corrected chi connectivity index (χ0v) is 15.6. The molecule has 8 nitrogen and oxygen atoms in total. The Balaban J connectivity index is 1.47. The minimum atomic E-state index is 0.290. The summed E-state index contributed by atoms with van der Waals surface area (Å²) >= 11 is 0. The van der Waals surface area contributed by atoms with Crippen LogP contribution in [0.2, 0.25) is 0 Å². The van der Waals surface area contributed by atoms with Crippen LogP contribution in [0.5, 0.6) is 0 Å². The second-order valence-corrected chi connectivity index (χ2v) is 7.22. The molecule has 2 N–H and O–H groups in total. The molecule has 5 rings (SSSR count). The van der Waals surface area contributed by atoms with Gasteiger partial charge in [-0.05, 0) is 45.1 Å². The minimum absolute atomic E-state index is 0.290. The van der Waals surface area contributed by atoms with E-state index in [2.05, 4.69) is 32.0 Å². The molecule has 1 aliphatic heterocycles. The van der Waals surface area contributed by atoms with E-state index in [-0.39, 0.29) is 5.82 Å². The molecule has 0 unspecified atom stereocenters. The second-order valence-electron chi connectivity index (χ2n) is 7.22. The third kappa shape index (κ3) is 3.01. The first-order valence-electron chi connectivity index (χ1n) is 9.39. The van der Waals surface area contributed by atoms with Crippen molar-refractivity contribution in [3.8, 4) is 22.8 Å². The molecular formula is C20H21N7O. The fourth-order valence-corrected chi connectivity index (χ4v) is 3.60. The molecule has 0 spiro atoms. The highest BCUT2D eigenvalue weighted by molar-refractivity contribution is 5.77. The molecule has 4 aromatic rings. The van der Waals surface area contributed by atoms with Crippen LogP contribution < -0.4 is 5.73 Å². The zero-order chi connectivity index (χ0) is 19.1. The van der Waals surface area contributed by atoms with Gasteiger partial charge in [0.05, 0.1) is 24.1 Å². The molecule has 0 bridgehead atoms. The topological polar surface area (TPSA) is 98.9 Å². The highest BCUT2D eigenvalue weighted by Gasteiger charge is 2.20. The van der Waals surface area contributed by atoms with Crippen molar-refractivity contribution < 1.29 is 4.42 Å². The lowest BCUT2D eigenvalue weighted by atomic mass is 10.1. The summed E-state index contributed by atoms with van der Waals surface area (Å²) in [6.07, 6.45) is 7.72. The SMILES string of the molecule is CN1CCC(n2cc(-c3cnc(N)c(-c4nc5ccccc5o4)n3)cn2)CC1. The van der Waals surface area contributed by atoms with E-state index in [9.17, 15) is 0 Å². The number of aromatic nitrogens is 5. The quantitative estimate of drug-likeness (QED) is 0.587. The molecule has 0 amide bonds. The van der Waals surface area contributed by atoms with Gasteiger partial charge in [-0.1, -0.05) is 12.1 Å². The van der Waals surface area contributed by atoms with Gasteiger partial charge in [0.15, 0.2) is 17.1 Å². The summed E-state index contributed by atoms with van der Waals surface area (Å²) in [6, 6.07) is 7.99. The molecular weight excluding hydrogens is 354 g/mol. The first-order chi connectivity index (χ1) is 13.7. The maximum absolute atomic E-state index is 6.06. The zero-order valence-electron chi connectivity index (χ0n) is 15.6. The maximum Gasteiger partial charge on any atom is 0.250 e. The third-order valence-corrected chi connectivity index (χ3v) is 5.26. The number of fused-ring (bicyclic) bond motifs is 1. The standard InChI is InChI=1S/C20H21N7O/c1-26-8-6-14(7-9-26)27-12-13(10-23-27)16-11-22-19(21)18(24-16)20-25-15-4-2-3-5-17(15)28-20/h2-5,10-12,14H,6-9H2,1H3,(H2,21,22). The summed E-state index contributed by atoms with van der Waals surface area (Å²) in [5, 5.41) is 4.56. The van der Waals surface area contributed by atoms with Crippen molar-refractivity contribution in [1.29, 1.82) is 0 Å². The van der Waals surface area contributed by atoms with E-state index in [4.69, 9.17) is 10.2 Å². The number of anilines is 1. The number of hydrogen-bond acceptors (Lipinski definition) is 7. The molecule has 8 heteroatoms. The Bertz CT molecular complexity index is 1090. The maximum atomic E-state index is 6.06. The molecule has 0 radical (unpaired) electrons. The van der Waals surface area contributed by atoms with Crippen LogP contribution in [0.3, 0.4) is 0 Å². The van der Waals surface area contributed by atoms with Gasteiger partial charge in [0.25, 0.3) is 0 Å². The lowest BCUT2D eigenvalue weighted by Crippen LogP contribution is -2.31. The largest absolute Gasteiger partial charge is 0.435 e. The minimum Gasteiger partial charge on any atom is -0.435 e. The number of hydrogen-bond donors (Lipinski definition) is 1. The van der Waals surface area contributed by atoms with Crippen LogP contribution >= 0.6 is 0 Å². The van der Waals surface area contributed by atoms with E-state index in [1.807, 2.05) is 41.3 Å². The lowest BCUT2D eigenvalue weighted by Gasteiger charge is -2.28. The highest BCUT2D eigenvalue weighted by atomic mass is 16.3. The first kappa shape index (κ1) is 16.9. The van der Waals surface area contributed by atoms with Gasteiger partial charge in [0.2, 0.25) is 5.89 Å². The van der Waals surface area contributed by atoms with Gasteiger partial charge in [-0.2, -0.15) is 5.10 Å². The number of para-hydroxylation sites is 2. The third-order valence-electron chi connectivity index (χ3n) is 5.26. The van der Waals surface area contributed by atoms with Crippen LogP contribution in [-0.4, -0.2) is 49.8 Å². The van der Waals surface area contributed by atoms with Gasteiger partial charge in [0.1, 0.15) is 5.52 Å². The van der Waals surface area contributed by atoms with Crippen molar-refractivity contribution in [2.75, 3.05) is 25.9 Å². The smallest absolute Gasteiger partial charge is 0.250 e. The number of oxazole rings is 1. The molecule has 28 heavy (non-hydrogen) atoms. The molecule has 1 aromatic carbocycles. The van der Waals surface area contributed by atoms with Gasteiger partial charge in [-0.3, -0.25) is 4.68 Å². The van der Waals surface area contributed by atoms with E-state index in [1.165, 1.54) is 0 Å². The molecule has 0 aliphatic carbocycles. The number of benzene rings is 1. The molecule has 4 heterocycles. The van der Waals surface area contributed by atoms with Gasteiger partial charge >= 0.3 is 0 Å². The van der Waals surface area contributed by atoms with Crippen molar-refractivity contribution in [2.24, 2.45) is 0 Å². The van der Waals surface area contributed by atoms with Crippen LogP contribution in [0.4, 0.5) is 5.82 Å². The normalized spacial score (nSPS) is 16.0. The molecule has 1 fully saturated rings. The summed E-state index contributed by atoms with van der Waals surface area (Å²) in [4.78, 5) is 15.8. The number of rotatable bonds is 3. The Morgan fingerprint density at radius 2 is 1.93 bits per heavy atom. The number of likely N-dealkylation sites (tertiary alicyclic amines) is 1. The summed E-state index contributed by atoms with van der Waals surface area (Å²) in [7, 11) is 2.16. The van der Waals surface area contributed by atoms with E-state index >= 15 is 0 Å². The fraction of sp³-hybridized carbons (Fsp3) is 0.300. The van der Waals surface area contributed by atoms with Crippen LogP contribution in [0.25, 0.3) is 33.9 Å². The van der Waals surface area contributed by atoms with E-state index in [1.54, 1.807) is 6.20 Å². The number of nitrogens with zero attached hydrogens (tertiary/aromatic N) is 6. The predicted octanol–water partition coefficient (Wildman–Crippen LogP) is 3.00. The molecule has 1 aliphatic rings. The summed E-state index contributed by atoms with van der Waals surface area (Å²) in [6.45, 7) is 2.17. The highest BCUT2D eigenvalue weighted by Crippen LogP contribution is 2.29. The van der Waals surface area contributed by atoms with Crippen molar-refractivity contribution >= 4 is 16.9 Å². The second kappa shape index (κ2) is 6.72. The van der Waals surface area contributed by atoms with E-state index in [0.29, 0.717) is 28.9 Å². The predicted molar refractivity (Wildman–Crippen MR) is 106 cm³/mol. The summed E-state index contributed by atoms with van der Waals surface area (Å²) in [5.74, 6) is 0.661. The molecule has 1 saturated heterocycles. The van der Waals surface area contributed by atoms with Crippen LogP contribution in [0.15, 0.2) is 47.3 Å². The van der Waals surface area contributed by atoms with Gasteiger partial charge in [-0.25, -0.2) is 15.0 Å². The molecule has 142 valence electrons. The van der Waals surface area contributed by atoms with Gasteiger partial charge in [-0.15, -0.1) is 0 Å². The fourth-order valence-electron chi connectivity index (χ4n) is 3.60. The van der Waals surface area contributed by atoms with E-state index in [0.717, 1.165) is 37.0 Å². The Hall–Kier alpha value is -3.26. The average Bonchev–Trinajstić information content (AvgIpc) is 3.36. The van der Waals surface area contributed by atoms with Gasteiger partial charge in [0, 0.05) is 11.8 Å². The Morgan fingerprint density at radius 3 is 2.75 bits per heavy atom. The van der Waals surface area contributed by atoms with Crippen molar-refractivity contribution in [2.45, 2.75) is 18.9 Å². The monoisotopic (exact) mass is 375 g/mol. The Labute approximate surface area is 162 Å². The average molecular weight is 375 g/mol.